The number of likely N-dealkylation sites (tertiary alicyclic amines) is 1. The van der Waals surface area contributed by atoms with Crippen molar-refractivity contribution in [3.8, 4) is 0 Å². The van der Waals surface area contributed by atoms with Gasteiger partial charge in [-0.3, -0.25) is 4.79 Å². The maximum Gasteiger partial charge on any atom is 0.326 e. The summed E-state index contributed by atoms with van der Waals surface area (Å²) in [4.78, 5) is 24.4. The highest BCUT2D eigenvalue weighted by atomic mass is 16.4. The molecule has 0 aromatic carbocycles. The molecule has 1 saturated heterocycles. The minimum absolute atomic E-state index is 0.00931. The van der Waals surface area contributed by atoms with E-state index in [0.717, 1.165) is 19.3 Å². The van der Waals surface area contributed by atoms with Gasteiger partial charge in [0.2, 0.25) is 5.91 Å². The number of nitrogens with zero attached hydrogens (tertiary/aromatic N) is 1. The second kappa shape index (κ2) is 4.04. The molecule has 1 amide bonds. The van der Waals surface area contributed by atoms with Gasteiger partial charge >= 0.3 is 5.97 Å². The molecule has 0 spiro atoms. The maximum atomic E-state index is 12.0. The van der Waals surface area contributed by atoms with Gasteiger partial charge in [0.05, 0.1) is 0 Å². The van der Waals surface area contributed by atoms with Gasteiger partial charge in [0, 0.05) is 12.5 Å². The van der Waals surface area contributed by atoms with E-state index in [-0.39, 0.29) is 11.8 Å². The maximum absolute atomic E-state index is 12.0. The van der Waals surface area contributed by atoms with Crippen LogP contribution < -0.4 is 0 Å². The molecule has 0 aromatic heterocycles. The van der Waals surface area contributed by atoms with Crippen molar-refractivity contribution in [2.75, 3.05) is 6.54 Å². The van der Waals surface area contributed by atoms with Gasteiger partial charge < -0.3 is 10.0 Å². The first kappa shape index (κ1) is 10.2. The van der Waals surface area contributed by atoms with Crippen molar-refractivity contribution in [3.63, 3.8) is 0 Å². The Bertz CT molecular complexity index is 303. The van der Waals surface area contributed by atoms with Crippen LogP contribution in [-0.2, 0) is 9.59 Å². The minimum Gasteiger partial charge on any atom is -0.480 e. The van der Waals surface area contributed by atoms with E-state index in [4.69, 9.17) is 5.11 Å². The lowest BCUT2D eigenvalue weighted by Gasteiger charge is -2.24. The van der Waals surface area contributed by atoms with Crippen molar-refractivity contribution in [2.24, 2.45) is 5.92 Å². The zero-order valence-corrected chi connectivity index (χ0v) is 8.56. The van der Waals surface area contributed by atoms with Crippen LogP contribution in [0.15, 0.2) is 12.2 Å². The molecule has 0 unspecified atom stereocenters. The van der Waals surface area contributed by atoms with Crippen molar-refractivity contribution >= 4 is 11.9 Å². The SMILES string of the molecule is O=C(O)[C@H]1CCCN1C(=O)C1CC=CC1. The molecule has 0 radical (unpaired) electrons. The van der Waals surface area contributed by atoms with Crippen LogP contribution in [0.25, 0.3) is 0 Å². The average molecular weight is 209 g/mol. The molecule has 0 aromatic rings. The number of carboxylic acids is 1. The van der Waals surface area contributed by atoms with Crippen LogP contribution >= 0.6 is 0 Å². The normalized spacial score (nSPS) is 26.1. The molecule has 82 valence electrons. The van der Waals surface area contributed by atoms with E-state index in [1.54, 1.807) is 4.90 Å². The number of allylic oxidation sites excluding steroid dienone is 2. The molecule has 0 saturated carbocycles. The van der Waals surface area contributed by atoms with Crippen molar-refractivity contribution < 1.29 is 14.7 Å². The van der Waals surface area contributed by atoms with Crippen LogP contribution in [0, 0.1) is 5.92 Å². The summed E-state index contributed by atoms with van der Waals surface area (Å²) in [6.07, 6.45) is 6.93. The Morgan fingerprint density at radius 3 is 2.53 bits per heavy atom. The summed E-state index contributed by atoms with van der Waals surface area (Å²) in [5.41, 5.74) is 0. The fraction of sp³-hybridized carbons (Fsp3) is 0.636. The Morgan fingerprint density at radius 2 is 1.93 bits per heavy atom. The fourth-order valence-corrected chi connectivity index (χ4v) is 2.34. The second-order valence-corrected chi connectivity index (χ2v) is 4.17. The summed E-state index contributed by atoms with van der Waals surface area (Å²) in [5, 5.41) is 8.97. The molecule has 0 bridgehead atoms. The number of carbonyl (C=O) groups excluding carboxylic acids is 1. The van der Waals surface area contributed by atoms with Gasteiger partial charge in [-0.05, 0) is 25.7 Å². The molecule has 1 aliphatic heterocycles. The number of carboxylic acid groups (broad SMARTS) is 1. The van der Waals surface area contributed by atoms with Gasteiger partial charge in [-0.25, -0.2) is 4.79 Å². The van der Waals surface area contributed by atoms with E-state index < -0.39 is 12.0 Å². The first-order chi connectivity index (χ1) is 7.20. The summed E-state index contributed by atoms with van der Waals surface area (Å²) < 4.78 is 0. The van der Waals surface area contributed by atoms with Crippen LogP contribution in [0.2, 0.25) is 0 Å². The van der Waals surface area contributed by atoms with Crippen molar-refractivity contribution in [3.05, 3.63) is 12.2 Å². The summed E-state index contributed by atoms with van der Waals surface area (Å²) in [5.74, 6) is -0.860. The van der Waals surface area contributed by atoms with Gasteiger partial charge in [0.25, 0.3) is 0 Å². The number of hydrogen-bond donors (Lipinski definition) is 1. The van der Waals surface area contributed by atoms with E-state index >= 15 is 0 Å². The van der Waals surface area contributed by atoms with Crippen LogP contribution in [0.4, 0.5) is 0 Å². The summed E-state index contributed by atoms with van der Waals surface area (Å²) in [7, 11) is 0. The van der Waals surface area contributed by atoms with Gasteiger partial charge in [-0.15, -0.1) is 0 Å². The highest BCUT2D eigenvalue weighted by Gasteiger charge is 2.36. The molecule has 1 fully saturated rings. The smallest absolute Gasteiger partial charge is 0.326 e. The third kappa shape index (κ3) is 1.89. The molecule has 1 atom stereocenters. The third-order valence-electron chi connectivity index (χ3n) is 3.18. The third-order valence-corrected chi connectivity index (χ3v) is 3.18. The largest absolute Gasteiger partial charge is 0.480 e. The zero-order valence-electron chi connectivity index (χ0n) is 8.56. The molecule has 1 N–H and O–H groups in total. The lowest BCUT2D eigenvalue weighted by molar-refractivity contribution is -0.149. The number of aliphatic carboxylic acids is 1. The van der Waals surface area contributed by atoms with Crippen molar-refractivity contribution in [1.29, 1.82) is 0 Å². The van der Waals surface area contributed by atoms with Crippen LogP contribution in [0.1, 0.15) is 25.7 Å². The van der Waals surface area contributed by atoms with Crippen LogP contribution in [-0.4, -0.2) is 34.5 Å². The molecule has 4 nitrogen and oxygen atoms in total. The molecule has 1 aliphatic carbocycles. The number of amides is 1. The number of hydrogen-bond acceptors (Lipinski definition) is 2. The summed E-state index contributed by atoms with van der Waals surface area (Å²) in [6, 6.07) is -0.585. The van der Waals surface area contributed by atoms with E-state index in [9.17, 15) is 9.59 Å². The van der Waals surface area contributed by atoms with E-state index in [1.807, 2.05) is 12.2 Å². The lowest BCUT2D eigenvalue weighted by atomic mass is 10.1. The monoisotopic (exact) mass is 209 g/mol. The van der Waals surface area contributed by atoms with Crippen LogP contribution in [0.3, 0.4) is 0 Å². The van der Waals surface area contributed by atoms with Crippen molar-refractivity contribution in [2.45, 2.75) is 31.7 Å². The average Bonchev–Trinajstić information content (AvgIpc) is 2.88. The molecule has 2 rings (SSSR count). The predicted octanol–water partition coefficient (Wildman–Crippen LogP) is 1.03. The predicted molar refractivity (Wildman–Crippen MR) is 54.2 cm³/mol. The van der Waals surface area contributed by atoms with Gasteiger partial charge in [-0.1, -0.05) is 12.2 Å². The molecular formula is C11H15NO3. The van der Waals surface area contributed by atoms with Gasteiger partial charge in [-0.2, -0.15) is 0 Å². The topological polar surface area (TPSA) is 57.6 Å². The van der Waals surface area contributed by atoms with E-state index in [2.05, 4.69) is 0 Å². The first-order valence-corrected chi connectivity index (χ1v) is 5.38. The highest BCUT2D eigenvalue weighted by Crippen LogP contribution is 2.25. The Morgan fingerprint density at radius 1 is 1.27 bits per heavy atom. The minimum atomic E-state index is -0.869. The Balaban J connectivity index is 2.02. The first-order valence-electron chi connectivity index (χ1n) is 5.38. The Kier molecular flexibility index (Phi) is 2.75. The Hall–Kier alpha value is -1.32. The van der Waals surface area contributed by atoms with Gasteiger partial charge in [0.15, 0.2) is 0 Å². The van der Waals surface area contributed by atoms with Crippen molar-refractivity contribution in [1.82, 2.24) is 4.90 Å². The highest BCUT2D eigenvalue weighted by molar-refractivity contribution is 5.86. The van der Waals surface area contributed by atoms with Gasteiger partial charge in [0.1, 0.15) is 6.04 Å². The molecule has 1 heterocycles. The standard InChI is InChI=1S/C11H15NO3/c13-10(8-4-1-2-5-8)12-7-3-6-9(12)11(14)15/h1-2,8-9H,3-7H2,(H,14,15)/t9-/m1/s1. The number of rotatable bonds is 2. The molecule has 2 aliphatic rings. The molecule has 15 heavy (non-hydrogen) atoms. The molecule has 4 heteroatoms. The van der Waals surface area contributed by atoms with E-state index in [1.165, 1.54) is 0 Å². The van der Waals surface area contributed by atoms with Crippen LogP contribution in [0.5, 0.6) is 0 Å². The Labute approximate surface area is 88.6 Å². The number of carbonyl (C=O) groups is 2. The lowest BCUT2D eigenvalue weighted by Crippen LogP contribution is -2.43. The molecular weight excluding hydrogens is 194 g/mol. The quantitative estimate of drug-likeness (QED) is 0.691. The summed E-state index contributed by atoms with van der Waals surface area (Å²) in [6.45, 7) is 0.603. The second-order valence-electron chi connectivity index (χ2n) is 4.17. The fourth-order valence-electron chi connectivity index (χ4n) is 2.34. The zero-order chi connectivity index (χ0) is 10.8. The van der Waals surface area contributed by atoms with E-state index in [0.29, 0.717) is 13.0 Å². The summed E-state index contributed by atoms with van der Waals surface area (Å²) >= 11 is 0.